The number of aliphatic hydroxyl groups is 1. The zero-order valence-electron chi connectivity index (χ0n) is 9.97. The number of aliphatic hydroxyl groups excluding tert-OH is 1. The first-order chi connectivity index (χ1) is 6.85. The van der Waals surface area contributed by atoms with Crippen molar-refractivity contribution in [1.82, 2.24) is 4.90 Å². The van der Waals surface area contributed by atoms with E-state index in [9.17, 15) is 0 Å². The Labute approximate surface area is 89.3 Å². The number of unbranched alkanes of at least 4 members (excludes halogenated alkanes) is 5. The number of rotatable bonds is 10. The second-order valence-corrected chi connectivity index (χ2v) is 3.87. The third-order valence-electron chi connectivity index (χ3n) is 2.78. The molecule has 0 saturated heterocycles. The van der Waals surface area contributed by atoms with Crippen molar-refractivity contribution >= 4 is 0 Å². The van der Waals surface area contributed by atoms with Crippen LogP contribution in [0.3, 0.4) is 0 Å². The quantitative estimate of drug-likeness (QED) is 0.549. The van der Waals surface area contributed by atoms with E-state index in [2.05, 4.69) is 18.7 Å². The molecule has 0 rings (SSSR count). The molecule has 0 atom stereocenters. The molecule has 0 fully saturated rings. The lowest BCUT2D eigenvalue weighted by Crippen LogP contribution is -2.23. The molecule has 0 aliphatic heterocycles. The van der Waals surface area contributed by atoms with E-state index < -0.39 is 0 Å². The highest BCUT2D eigenvalue weighted by Crippen LogP contribution is 2.05. The van der Waals surface area contributed by atoms with Gasteiger partial charge in [0.2, 0.25) is 0 Å². The van der Waals surface area contributed by atoms with Gasteiger partial charge in [-0.25, -0.2) is 0 Å². The fourth-order valence-electron chi connectivity index (χ4n) is 1.69. The van der Waals surface area contributed by atoms with E-state index in [-0.39, 0.29) is 0 Å². The van der Waals surface area contributed by atoms with Crippen LogP contribution in [0.4, 0.5) is 0 Å². The van der Waals surface area contributed by atoms with E-state index in [0.29, 0.717) is 6.61 Å². The van der Waals surface area contributed by atoms with Gasteiger partial charge in [0.1, 0.15) is 0 Å². The van der Waals surface area contributed by atoms with Gasteiger partial charge in [0.15, 0.2) is 0 Å². The molecule has 0 heterocycles. The molecule has 0 amide bonds. The van der Waals surface area contributed by atoms with Gasteiger partial charge < -0.3 is 10.0 Å². The van der Waals surface area contributed by atoms with Gasteiger partial charge in [-0.15, -0.1) is 0 Å². The molecule has 0 bridgehead atoms. The molecule has 0 radical (unpaired) electrons. The molecular weight excluding hydrogens is 174 g/mol. The van der Waals surface area contributed by atoms with E-state index in [1.807, 2.05) is 0 Å². The van der Waals surface area contributed by atoms with Crippen LogP contribution in [-0.4, -0.2) is 36.2 Å². The van der Waals surface area contributed by atoms with E-state index >= 15 is 0 Å². The van der Waals surface area contributed by atoms with Gasteiger partial charge in [-0.2, -0.15) is 0 Å². The normalized spacial score (nSPS) is 11.1. The molecule has 0 aromatic rings. The van der Waals surface area contributed by atoms with Crippen LogP contribution < -0.4 is 0 Å². The van der Waals surface area contributed by atoms with E-state index in [1.165, 1.54) is 51.7 Å². The van der Waals surface area contributed by atoms with Gasteiger partial charge in [0.25, 0.3) is 0 Å². The van der Waals surface area contributed by atoms with Crippen LogP contribution in [0, 0.1) is 0 Å². The summed E-state index contributed by atoms with van der Waals surface area (Å²) in [4.78, 5) is 2.48. The zero-order valence-corrected chi connectivity index (χ0v) is 9.97. The minimum atomic E-state index is 0.361. The van der Waals surface area contributed by atoms with Gasteiger partial charge in [-0.3, -0.25) is 0 Å². The van der Waals surface area contributed by atoms with Gasteiger partial charge in [-0.05, 0) is 32.5 Å². The SMILES string of the molecule is CCN(CC)CCCCCCCCO. The molecule has 2 heteroatoms. The largest absolute Gasteiger partial charge is 0.396 e. The molecule has 14 heavy (non-hydrogen) atoms. The topological polar surface area (TPSA) is 23.5 Å². The summed E-state index contributed by atoms with van der Waals surface area (Å²) < 4.78 is 0. The summed E-state index contributed by atoms with van der Waals surface area (Å²) in [7, 11) is 0. The summed E-state index contributed by atoms with van der Waals surface area (Å²) >= 11 is 0. The molecule has 0 aromatic carbocycles. The van der Waals surface area contributed by atoms with E-state index in [0.717, 1.165) is 6.42 Å². The minimum Gasteiger partial charge on any atom is -0.396 e. The minimum absolute atomic E-state index is 0.361. The first kappa shape index (κ1) is 13.9. The van der Waals surface area contributed by atoms with E-state index in [1.54, 1.807) is 0 Å². The average Bonchev–Trinajstić information content (AvgIpc) is 2.22. The Balaban J connectivity index is 3.04. The van der Waals surface area contributed by atoms with Crippen LogP contribution in [0.2, 0.25) is 0 Å². The van der Waals surface area contributed by atoms with Crippen LogP contribution in [0.15, 0.2) is 0 Å². The maximum atomic E-state index is 8.60. The summed E-state index contributed by atoms with van der Waals surface area (Å²) in [6.07, 6.45) is 7.49. The number of hydrogen-bond donors (Lipinski definition) is 1. The highest BCUT2D eigenvalue weighted by molar-refractivity contribution is 4.53. The van der Waals surface area contributed by atoms with Crippen molar-refractivity contribution in [3.05, 3.63) is 0 Å². The monoisotopic (exact) mass is 201 g/mol. The Hall–Kier alpha value is -0.0800. The Bertz CT molecular complexity index is 102. The van der Waals surface area contributed by atoms with Crippen molar-refractivity contribution < 1.29 is 5.11 Å². The van der Waals surface area contributed by atoms with Crippen LogP contribution in [0.5, 0.6) is 0 Å². The molecule has 0 spiro atoms. The average molecular weight is 201 g/mol. The van der Waals surface area contributed by atoms with Crippen LogP contribution in [0.1, 0.15) is 52.4 Å². The van der Waals surface area contributed by atoms with Crippen molar-refractivity contribution in [3.63, 3.8) is 0 Å². The molecular formula is C12H27NO. The van der Waals surface area contributed by atoms with Crippen molar-refractivity contribution in [2.75, 3.05) is 26.2 Å². The maximum absolute atomic E-state index is 8.60. The third kappa shape index (κ3) is 8.52. The summed E-state index contributed by atoms with van der Waals surface area (Å²) in [5.41, 5.74) is 0. The predicted molar refractivity (Wildman–Crippen MR) is 62.6 cm³/mol. The fraction of sp³-hybridized carbons (Fsp3) is 1.00. The van der Waals surface area contributed by atoms with E-state index in [4.69, 9.17) is 5.11 Å². The van der Waals surface area contributed by atoms with Crippen molar-refractivity contribution in [1.29, 1.82) is 0 Å². The lowest BCUT2D eigenvalue weighted by Gasteiger charge is -2.17. The molecule has 0 aliphatic carbocycles. The standard InChI is InChI=1S/C12H27NO/c1-3-13(4-2)11-9-7-5-6-8-10-12-14/h14H,3-12H2,1-2H3. The van der Waals surface area contributed by atoms with Crippen molar-refractivity contribution in [2.24, 2.45) is 0 Å². The summed E-state index contributed by atoms with van der Waals surface area (Å²) in [5, 5.41) is 8.60. The number of nitrogens with zero attached hydrogens (tertiary/aromatic N) is 1. The highest BCUT2D eigenvalue weighted by atomic mass is 16.2. The third-order valence-corrected chi connectivity index (χ3v) is 2.78. The highest BCUT2D eigenvalue weighted by Gasteiger charge is 1.97. The predicted octanol–water partition coefficient (Wildman–Crippen LogP) is 2.66. The maximum Gasteiger partial charge on any atom is 0.0431 e. The molecule has 0 unspecified atom stereocenters. The molecule has 0 aromatic heterocycles. The second kappa shape index (κ2) is 11.0. The van der Waals surface area contributed by atoms with Crippen molar-refractivity contribution in [3.8, 4) is 0 Å². The van der Waals surface area contributed by atoms with Crippen LogP contribution >= 0.6 is 0 Å². The summed E-state index contributed by atoms with van der Waals surface area (Å²) in [6.45, 7) is 8.43. The lowest BCUT2D eigenvalue weighted by molar-refractivity contribution is 0.280. The molecule has 0 saturated carbocycles. The Morgan fingerprint density at radius 1 is 0.786 bits per heavy atom. The van der Waals surface area contributed by atoms with Gasteiger partial charge >= 0.3 is 0 Å². The van der Waals surface area contributed by atoms with Crippen LogP contribution in [-0.2, 0) is 0 Å². The Kier molecular flexibility index (Phi) is 10.9. The summed E-state index contributed by atoms with van der Waals surface area (Å²) in [6, 6.07) is 0. The molecule has 86 valence electrons. The first-order valence-electron chi connectivity index (χ1n) is 6.18. The Morgan fingerprint density at radius 3 is 1.79 bits per heavy atom. The molecule has 0 aliphatic rings. The molecule has 1 N–H and O–H groups in total. The first-order valence-corrected chi connectivity index (χ1v) is 6.18. The van der Waals surface area contributed by atoms with Gasteiger partial charge in [0, 0.05) is 6.61 Å². The lowest BCUT2D eigenvalue weighted by atomic mass is 10.1. The Morgan fingerprint density at radius 2 is 1.29 bits per heavy atom. The van der Waals surface area contributed by atoms with Gasteiger partial charge in [-0.1, -0.05) is 39.5 Å². The zero-order chi connectivity index (χ0) is 10.6. The molecule has 2 nitrogen and oxygen atoms in total. The number of hydrogen-bond acceptors (Lipinski definition) is 2. The summed E-state index contributed by atoms with van der Waals surface area (Å²) in [5.74, 6) is 0. The van der Waals surface area contributed by atoms with Crippen molar-refractivity contribution in [2.45, 2.75) is 52.4 Å². The fourth-order valence-corrected chi connectivity index (χ4v) is 1.69. The second-order valence-electron chi connectivity index (χ2n) is 3.87. The smallest absolute Gasteiger partial charge is 0.0431 e. The van der Waals surface area contributed by atoms with Crippen LogP contribution in [0.25, 0.3) is 0 Å². The van der Waals surface area contributed by atoms with Gasteiger partial charge in [0.05, 0.1) is 0 Å².